The molecule has 1 fully saturated rings. The number of nitrogens with zero attached hydrogens (tertiary/aromatic N) is 6. The summed E-state index contributed by atoms with van der Waals surface area (Å²) in [7, 11) is 1.83. The van der Waals surface area contributed by atoms with Gasteiger partial charge in [-0.1, -0.05) is 24.1 Å². The van der Waals surface area contributed by atoms with Crippen LogP contribution in [0.5, 0.6) is 0 Å². The number of aryl methyl sites for hydroxylation is 2. The van der Waals surface area contributed by atoms with Crippen molar-refractivity contribution in [3.8, 4) is 11.5 Å². The molecule has 0 bridgehead atoms. The summed E-state index contributed by atoms with van der Waals surface area (Å²) in [5, 5.41) is 8.31. The number of amides is 1. The SMILES string of the molecule is Cc1cccc(C(=O)N2CCCCC[C@H]2c2noc(-c3cnn(C)c3)n2)n1. The fraction of sp³-hybridized carbons (Fsp3) is 0.421. The predicted octanol–water partition coefficient (Wildman–Crippen LogP) is 2.93. The lowest BCUT2D eigenvalue weighted by Crippen LogP contribution is -2.36. The van der Waals surface area contributed by atoms with Crippen molar-refractivity contribution in [1.82, 2.24) is 29.8 Å². The second kappa shape index (κ2) is 7.30. The fourth-order valence-corrected chi connectivity index (χ4v) is 3.45. The maximum atomic E-state index is 13.1. The number of carbonyl (C=O) groups excluding carboxylic acids is 1. The van der Waals surface area contributed by atoms with Gasteiger partial charge in [0.25, 0.3) is 11.8 Å². The zero-order chi connectivity index (χ0) is 18.8. The molecule has 8 nitrogen and oxygen atoms in total. The predicted molar refractivity (Wildman–Crippen MR) is 97.7 cm³/mol. The van der Waals surface area contributed by atoms with Crippen molar-refractivity contribution in [2.24, 2.45) is 7.05 Å². The smallest absolute Gasteiger partial charge is 0.273 e. The first-order valence-corrected chi connectivity index (χ1v) is 9.19. The van der Waals surface area contributed by atoms with E-state index in [1.165, 1.54) is 0 Å². The van der Waals surface area contributed by atoms with Crippen molar-refractivity contribution in [3.05, 3.63) is 47.8 Å². The van der Waals surface area contributed by atoms with Gasteiger partial charge < -0.3 is 9.42 Å². The molecule has 4 rings (SSSR count). The van der Waals surface area contributed by atoms with Gasteiger partial charge in [0.15, 0.2) is 5.82 Å². The van der Waals surface area contributed by atoms with E-state index in [4.69, 9.17) is 4.52 Å². The minimum absolute atomic E-state index is 0.0849. The molecular formula is C19H22N6O2. The monoisotopic (exact) mass is 366 g/mol. The van der Waals surface area contributed by atoms with Gasteiger partial charge in [-0.25, -0.2) is 4.98 Å². The van der Waals surface area contributed by atoms with Crippen LogP contribution in [-0.2, 0) is 7.05 Å². The first-order valence-electron chi connectivity index (χ1n) is 9.19. The fourth-order valence-electron chi connectivity index (χ4n) is 3.45. The first kappa shape index (κ1) is 17.4. The molecule has 1 saturated heterocycles. The molecule has 0 N–H and O–H groups in total. The maximum absolute atomic E-state index is 13.1. The first-order chi connectivity index (χ1) is 13.1. The molecule has 0 unspecified atom stereocenters. The van der Waals surface area contributed by atoms with Crippen LogP contribution in [0.3, 0.4) is 0 Å². The van der Waals surface area contributed by atoms with Crippen molar-refractivity contribution in [2.75, 3.05) is 6.54 Å². The number of rotatable bonds is 3. The summed E-state index contributed by atoms with van der Waals surface area (Å²) < 4.78 is 7.13. The Balaban J connectivity index is 1.64. The number of aromatic nitrogens is 5. The Kier molecular flexibility index (Phi) is 4.70. The highest BCUT2D eigenvalue weighted by molar-refractivity contribution is 5.92. The van der Waals surface area contributed by atoms with E-state index in [1.807, 2.05) is 37.2 Å². The maximum Gasteiger partial charge on any atom is 0.273 e. The van der Waals surface area contributed by atoms with Crippen molar-refractivity contribution < 1.29 is 9.32 Å². The Morgan fingerprint density at radius 3 is 2.89 bits per heavy atom. The van der Waals surface area contributed by atoms with Crippen LogP contribution < -0.4 is 0 Å². The Morgan fingerprint density at radius 1 is 1.22 bits per heavy atom. The lowest BCUT2D eigenvalue weighted by molar-refractivity contribution is 0.0664. The van der Waals surface area contributed by atoms with Crippen molar-refractivity contribution in [1.29, 1.82) is 0 Å². The van der Waals surface area contributed by atoms with E-state index >= 15 is 0 Å². The highest BCUT2D eigenvalue weighted by atomic mass is 16.5. The topological polar surface area (TPSA) is 89.9 Å². The van der Waals surface area contributed by atoms with Crippen LogP contribution in [-0.4, -0.2) is 42.3 Å². The zero-order valence-electron chi connectivity index (χ0n) is 15.5. The van der Waals surface area contributed by atoms with E-state index in [-0.39, 0.29) is 11.9 Å². The van der Waals surface area contributed by atoms with Crippen molar-refractivity contribution in [2.45, 2.75) is 38.6 Å². The van der Waals surface area contributed by atoms with E-state index in [0.717, 1.165) is 36.9 Å². The minimum Gasteiger partial charge on any atom is -0.334 e. The Labute approximate surface area is 157 Å². The molecule has 1 atom stereocenters. The third-order valence-corrected chi connectivity index (χ3v) is 4.81. The molecule has 0 saturated carbocycles. The van der Waals surface area contributed by atoms with Gasteiger partial charge in [0.1, 0.15) is 5.69 Å². The summed E-state index contributed by atoms with van der Waals surface area (Å²) in [5.41, 5.74) is 2.05. The number of pyridine rings is 1. The van der Waals surface area contributed by atoms with Crippen LogP contribution in [0.4, 0.5) is 0 Å². The Hall–Kier alpha value is -3.03. The highest BCUT2D eigenvalue weighted by Crippen LogP contribution is 2.31. The van der Waals surface area contributed by atoms with Gasteiger partial charge >= 0.3 is 0 Å². The van der Waals surface area contributed by atoms with Crippen LogP contribution in [0.2, 0.25) is 0 Å². The summed E-state index contributed by atoms with van der Waals surface area (Å²) in [6.07, 6.45) is 7.38. The molecule has 0 aliphatic carbocycles. The lowest BCUT2D eigenvalue weighted by Gasteiger charge is -2.27. The van der Waals surface area contributed by atoms with Gasteiger partial charge in [0, 0.05) is 25.5 Å². The molecule has 8 heteroatoms. The van der Waals surface area contributed by atoms with E-state index in [2.05, 4.69) is 20.2 Å². The van der Waals surface area contributed by atoms with Gasteiger partial charge in [0.2, 0.25) is 0 Å². The summed E-state index contributed by atoms with van der Waals surface area (Å²) >= 11 is 0. The molecule has 0 radical (unpaired) electrons. The number of likely N-dealkylation sites (tertiary alicyclic amines) is 1. The molecular weight excluding hydrogens is 344 g/mol. The lowest BCUT2D eigenvalue weighted by atomic mass is 10.1. The Morgan fingerprint density at radius 2 is 2.11 bits per heavy atom. The zero-order valence-corrected chi connectivity index (χ0v) is 15.5. The molecule has 4 heterocycles. The van der Waals surface area contributed by atoms with Gasteiger partial charge in [0.05, 0.1) is 17.8 Å². The van der Waals surface area contributed by atoms with E-state index < -0.39 is 0 Å². The molecule has 140 valence electrons. The number of hydrogen-bond donors (Lipinski definition) is 0. The van der Waals surface area contributed by atoms with Gasteiger partial charge in [-0.3, -0.25) is 9.48 Å². The van der Waals surface area contributed by atoms with Crippen molar-refractivity contribution >= 4 is 5.91 Å². The second-order valence-corrected chi connectivity index (χ2v) is 6.89. The van der Waals surface area contributed by atoms with Crippen LogP contribution >= 0.6 is 0 Å². The van der Waals surface area contributed by atoms with E-state index in [0.29, 0.717) is 24.0 Å². The van der Waals surface area contributed by atoms with E-state index in [1.54, 1.807) is 16.9 Å². The minimum atomic E-state index is -0.212. The number of hydrogen-bond acceptors (Lipinski definition) is 6. The average Bonchev–Trinajstić information content (AvgIpc) is 3.24. The summed E-state index contributed by atoms with van der Waals surface area (Å²) in [5.74, 6) is 0.874. The van der Waals surface area contributed by atoms with Crippen molar-refractivity contribution in [3.63, 3.8) is 0 Å². The van der Waals surface area contributed by atoms with Crippen LogP contribution in [0.25, 0.3) is 11.5 Å². The van der Waals surface area contributed by atoms with Crippen LogP contribution in [0.15, 0.2) is 35.1 Å². The molecule has 3 aromatic rings. The van der Waals surface area contributed by atoms with E-state index in [9.17, 15) is 4.79 Å². The van der Waals surface area contributed by atoms with Gasteiger partial charge in [-0.2, -0.15) is 10.1 Å². The average molecular weight is 366 g/mol. The van der Waals surface area contributed by atoms with Crippen LogP contribution in [0, 0.1) is 6.92 Å². The summed E-state index contributed by atoms with van der Waals surface area (Å²) in [6.45, 7) is 2.55. The molecule has 1 amide bonds. The normalized spacial score (nSPS) is 17.7. The Bertz CT molecular complexity index is 947. The second-order valence-electron chi connectivity index (χ2n) is 6.89. The largest absolute Gasteiger partial charge is 0.334 e. The standard InChI is InChI=1S/C19H22N6O2/c1-13-7-6-8-15(21-13)19(26)25-10-5-3-4-9-16(25)17-22-18(27-23-17)14-11-20-24(2)12-14/h6-8,11-12,16H,3-5,9-10H2,1-2H3/t16-/m0/s1. The highest BCUT2D eigenvalue weighted by Gasteiger charge is 2.31. The summed E-state index contributed by atoms with van der Waals surface area (Å²) in [4.78, 5) is 23.9. The third-order valence-electron chi connectivity index (χ3n) is 4.81. The third kappa shape index (κ3) is 3.60. The summed E-state index contributed by atoms with van der Waals surface area (Å²) in [6, 6.07) is 5.29. The molecule has 0 aromatic carbocycles. The van der Waals surface area contributed by atoms with Gasteiger partial charge in [-0.15, -0.1) is 0 Å². The van der Waals surface area contributed by atoms with Gasteiger partial charge in [-0.05, 0) is 31.9 Å². The molecule has 1 aliphatic rings. The molecule has 27 heavy (non-hydrogen) atoms. The molecule has 0 spiro atoms. The number of carbonyl (C=O) groups is 1. The molecule has 1 aliphatic heterocycles. The quantitative estimate of drug-likeness (QED) is 0.708. The van der Waals surface area contributed by atoms with Crippen LogP contribution in [0.1, 0.15) is 53.7 Å². The molecule has 3 aromatic heterocycles.